The van der Waals surface area contributed by atoms with Gasteiger partial charge in [0.05, 0.1) is 5.02 Å². The second-order valence-electron chi connectivity index (χ2n) is 4.84. The first-order valence-electron chi connectivity index (χ1n) is 6.34. The Bertz CT molecular complexity index is 374. The molecule has 1 unspecified atom stereocenters. The van der Waals surface area contributed by atoms with Crippen LogP contribution < -0.4 is 5.32 Å². The van der Waals surface area contributed by atoms with Gasteiger partial charge in [-0.25, -0.2) is 4.39 Å². The lowest BCUT2D eigenvalue weighted by Gasteiger charge is -2.30. The van der Waals surface area contributed by atoms with E-state index in [9.17, 15) is 4.39 Å². The summed E-state index contributed by atoms with van der Waals surface area (Å²) in [5.41, 5.74) is 1.02. The standard InChI is InChI=1S/C14H19ClFN/c1-17-14(10-5-3-2-4-6-10)11-7-8-12(15)13(16)9-11/h7-10,14,17H,2-6H2,1H3. The van der Waals surface area contributed by atoms with Gasteiger partial charge in [0.25, 0.3) is 0 Å². The minimum atomic E-state index is -0.319. The Hall–Kier alpha value is -0.600. The van der Waals surface area contributed by atoms with Crippen molar-refractivity contribution in [2.24, 2.45) is 5.92 Å². The van der Waals surface area contributed by atoms with Crippen LogP contribution in [0.15, 0.2) is 18.2 Å². The van der Waals surface area contributed by atoms with E-state index in [4.69, 9.17) is 11.6 Å². The van der Waals surface area contributed by atoms with Crippen LogP contribution in [0.5, 0.6) is 0 Å². The number of nitrogens with one attached hydrogen (secondary N) is 1. The molecule has 1 N–H and O–H groups in total. The molecule has 0 saturated heterocycles. The molecule has 94 valence electrons. The third kappa shape index (κ3) is 2.99. The van der Waals surface area contributed by atoms with E-state index >= 15 is 0 Å². The Labute approximate surface area is 107 Å². The van der Waals surface area contributed by atoms with Crippen LogP contribution in [0.3, 0.4) is 0 Å². The van der Waals surface area contributed by atoms with Crippen molar-refractivity contribution in [3.8, 4) is 0 Å². The number of halogens is 2. The van der Waals surface area contributed by atoms with Crippen LogP contribution in [-0.2, 0) is 0 Å². The predicted molar refractivity (Wildman–Crippen MR) is 69.8 cm³/mol. The van der Waals surface area contributed by atoms with Gasteiger partial charge in [0.15, 0.2) is 0 Å². The fourth-order valence-electron chi connectivity index (χ4n) is 2.85. The number of hydrogen-bond acceptors (Lipinski definition) is 1. The van der Waals surface area contributed by atoms with E-state index < -0.39 is 0 Å². The highest BCUT2D eigenvalue weighted by molar-refractivity contribution is 6.30. The van der Waals surface area contributed by atoms with Gasteiger partial charge < -0.3 is 5.32 Å². The van der Waals surface area contributed by atoms with E-state index in [1.165, 1.54) is 32.1 Å². The zero-order chi connectivity index (χ0) is 12.3. The summed E-state index contributed by atoms with van der Waals surface area (Å²) in [5, 5.41) is 3.53. The van der Waals surface area contributed by atoms with Crippen molar-refractivity contribution in [3.05, 3.63) is 34.6 Å². The third-order valence-corrected chi connectivity index (χ3v) is 4.04. The summed E-state index contributed by atoms with van der Waals surface area (Å²) in [6.45, 7) is 0. The second kappa shape index (κ2) is 5.83. The number of hydrogen-bond donors (Lipinski definition) is 1. The van der Waals surface area contributed by atoms with Gasteiger partial charge in [-0.2, -0.15) is 0 Å². The van der Waals surface area contributed by atoms with Gasteiger partial charge in [-0.3, -0.25) is 0 Å². The van der Waals surface area contributed by atoms with Gasteiger partial charge in [-0.1, -0.05) is 36.9 Å². The maximum Gasteiger partial charge on any atom is 0.142 e. The van der Waals surface area contributed by atoms with Crippen molar-refractivity contribution in [1.29, 1.82) is 0 Å². The zero-order valence-electron chi connectivity index (χ0n) is 10.2. The van der Waals surface area contributed by atoms with Crippen LogP contribution in [0, 0.1) is 11.7 Å². The van der Waals surface area contributed by atoms with Gasteiger partial charge in [-0.05, 0) is 43.5 Å². The molecule has 0 aliphatic heterocycles. The molecule has 1 saturated carbocycles. The molecule has 0 radical (unpaired) electrons. The van der Waals surface area contributed by atoms with Crippen molar-refractivity contribution in [2.45, 2.75) is 38.1 Å². The van der Waals surface area contributed by atoms with Crippen LogP contribution in [0.25, 0.3) is 0 Å². The van der Waals surface area contributed by atoms with Crippen LogP contribution in [0.4, 0.5) is 4.39 Å². The van der Waals surface area contributed by atoms with Crippen molar-refractivity contribution in [2.75, 3.05) is 7.05 Å². The SMILES string of the molecule is CNC(c1ccc(Cl)c(F)c1)C1CCCCC1. The maximum absolute atomic E-state index is 13.5. The first-order valence-corrected chi connectivity index (χ1v) is 6.72. The molecular formula is C14H19ClFN. The Balaban J connectivity index is 2.18. The third-order valence-electron chi connectivity index (χ3n) is 3.74. The topological polar surface area (TPSA) is 12.0 Å². The van der Waals surface area contributed by atoms with Gasteiger partial charge in [0, 0.05) is 6.04 Å². The lowest BCUT2D eigenvalue weighted by Crippen LogP contribution is -2.27. The molecule has 3 heteroatoms. The van der Waals surface area contributed by atoms with E-state index in [1.54, 1.807) is 12.1 Å². The minimum Gasteiger partial charge on any atom is -0.313 e. The summed E-state index contributed by atoms with van der Waals surface area (Å²) >= 11 is 5.72. The average Bonchev–Trinajstić information content (AvgIpc) is 2.36. The highest BCUT2D eigenvalue weighted by Gasteiger charge is 2.24. The molecule has 1 aliphatic rings. The van der Waals surface area contributed by atoms with Crippen molar-refractivity contribution in [1.82, 2.24) is 5.32 Å². The molecule has 1 atom stereocenters. The molecule has 1 aromatic carbocycles. The lowest BCUT2D eigenvalue weighted by molar-refractivity contribution is 0.281. The molecule has 0 spiro atoms. The summed E-state index contributed by atoms with van der Waals surface area (Å²) in [7, 11) is 1.95. The molecule has 1 fully saturated rings. The minimum absolute atomic E-state index is 0.201. The summed E-state index contributed by atoms with van der Waals surface area (Å²) in [4.78, 5) is 0. The summed E-state index contributed by atoms with van der Waals surface area (Å²) in [6, 6.07) is 5.40. The van der Waals surface area contributed by atoms with E-state index in [-0.39, 0.29) is 16.9 Å². The van der Waals surface area contributed by atoms with Gasteiger partial charge in [-0.15, -0.1) is 0 Å². The largest absolute Gasteiger partial charge is 0.313 e. The average molecular weight is 256 g/mol. The summed E-state index contributed by atoms with van der Waals surface area (Å²) in [5.74, 6) is 0.301. The maximum atomic E-state index is 13.5. The van der Waals surface area contributed by atoms with Crippen molar-refractivity contribution >= 4 is 11.6 Å². The Kier molecular flexibility index (Phi) is 4.41. The Morgan fingerprint density at radius 1 is 1.29 bits per heavy atom. The molecule has 0 amide bonds. The van der Waals surface area contributed by atoms with Crippen LogP contribution in [-0.4, -0.2) is 7.05 Å². The first kappa shape index (κ1) is 12.8. The number of benzene rings is 1. The molecule has 0 heterocycles. The molecule has 2 rings (SSSR count). The fraction of sp³-hybridized carbons (Fsp3) is 0.571. The Morgan fingerprint density at radius 3 is 2.59 bits per heavy atom. The molecule has 1 aromatic rings. The summed E-state index contributed by atoms with van der Waals surface area (Å²) < 4.78 is 13.5. The molecule has 17 heavy (non-hydrogen) atoms. The highest BCUT2D eigenvalue weighted by atomic mass is 35.5. The quantitative estimate of drug-likeness (QED) is 0.848. The Morgan fingerprint density at radius 2 is 2.00 bits per heavy atom. The predicted octanol–water partition coefficient (Wildman–Crippen LogP) is 4.32. The fourth-order valence-corrected chi connectivity index (χ4v) is 2.97. The smallest absolute Gasteiger partial charge is 0.142 e. The normalized spacial score (nSPS) is 19.2. The van der Waals surface area contributed by atoms with Crippen LogP contribution in [0.1, 0.15) is 43.7 Å². The van der Waals surface area contributed by atoms with E-state index in [0.29, 0.717) is 5.92 Å². The van der Waals surface area contributed by atoms with E-state index in [1.807, 2.05) is 13.1 Å². The second-order valence-corrected chi connectivity index (χ2v) is 5.25. The molecule has 1 nitrogen and oxygen atoms in total. The zero-order valence-corrected chi connectivity index (χ0v) is 10.9. The lowest BCUT2D eigenvalue weighted by atomic mass is 9.81. The van der Waals surface area contributed by atoms with Crippen molar-refractivity contribution < 1.29 is 4.39 Å². The molecule has 0 bridgehead atoms. The van der Waals surface area contributed by atoms with Crippen LogP contribution in [0.2, 0.25) is 5.02 Å². The first-order chi connectivity index (χ1) is 8.22. The highest BCUT2D eigenvalue weighted by Crippen LogP contribution is 2.34. The van der Waals surface area contributed by atoms with Crippen molar-refractivity contribution in [3.63, 3.8) is 0 Å². The van der Waals surface area contributed by atoms with E-state index in [2.05, 4.69) is 5.32 Å². The molecule has 1 aliphatic carbocycles. The van der Waals surface area contributed by atoms with Gasteiger partial charge in [0.2, 0.25) is 0 Å². The van der Waals surface area contributed by atoms with Gasteiger partial charge in [0.1, 0.15) is 5.82 Å². The molecule has 0 aromatic heterocycles. The molecular weight excluding hydrogens is 237 g/mol. The van der Waals surface area contributed by atoms with E-state index in [0.717, 1.165) is 5.56 Å². The number of rotatable bonds is 3. The van der Waals surface area contributed by atoms with Crippen LogP contribution >= 0.6 is 11.6 Å². The van der Waals surface area contributed by atoms with Gasteiger partial charge >= 0.3 is 0 Å². The monoisotopic (exact) mass is 255 g/mol. The summed E-state index contributed by atoms with van der Waals surface area (Å²) in [6.07, 6.45) is 6.38.